The zero-order valence-electron chi connectivity index (χ0n) is 14.8. The molecule has 0 unspecified atom stereocenters. The van der Waals surface area contributed by atoms with E-state index in [0.717, 1.165) is 17.7 Å². The molecule has 0 aliphatic carbocycles. The normalized spacial score (nSPS) is 10.3. The molecule has 0 radical (unpaired) electrons. The Kier molecular flexibility index (Phi) is 7.59. The SMILES string of the molecule is CCOC(=O)/C=C/C(=O)NNC(=O)c1ccc(OCc2ccccc2)cc1. The van der Waals surface area contributed by atoms with E-state index in [2.05, 4.69) is 15.6 Å². The topological polar surface area (TPSA) is 93.7 Å². The summed E-state index contributed by atoms with van der Waals surface area (Å²) in [6, 6.07) is 16.2. The number of hydrazine groups is 1. The first kappa shape index (κ1) is 19.7. The van der Waals surface area contributed by atoms with Gasteiger partial charge in [0, 0.05) is 17.7 Å². The van der Waals surface area contributed by atoms with Crippen LogP contribution in [0.4, 0.5) is 0 Å². The fourth-order valence-corrected chi connectivity index (χ4v) is 2.01. The number of ether oxygens (including phenoxy) is 2. The molecule has 2 amide bonds. The number of carbonyl (C=O) groups is 3. The monoisotopic (exact) mass is 368 g/mol. The summed E-state index contributed by atoms with van der Waals surface area (Å²) in [6.45, 7) is 2.30. The first-order valence-corrected chi connectivity index (χ1v) is 8.30. The van der Waals surface area contributed by atoms with Crippen molar-refractivity contribution in [2.24, 2.45) is 0 Å². The number of rotatable bonds is 7. The fourth-order valence-electron chi connectivity index (χ4n) is 2.01. The van der Waals surface area contributed by atoms with Crippen molar-refractivity contribution in [2.75, 3.05) is 6.61 Å². The van der Waals surface area contributed by atoms with Crippen LogP contribution in [-0.2, 0) is 20.9 Å². The van der Waals surface area contributed by atoms with E-state index < -0.39 is 17.8 Å². The molecule has 0 saturated heterocycles. The van der Waals surface area contributed by atoms with Gasteiger partial charge in [-0.1, -0.05) is 30.3 Å². The number of amides is 2. The average Bonchev–Trinajstić information content (AvgIpc) is 2.70. The standard InChI is InChI=1S/C20H20N2O5/c1-2-26-19(24)13-12-18(23)21-22-20(25)16-8-10-17(11-9-16)27-14-15-6-4-3-5-7-15/h3-13H,2,14H2,1H3,(H,21,23)(H,22,25)/b13-12+. The maximum atomic E-state index is 12.0. The summed E-state index contributed by atoms with van der Waals surface area (Å²) in [4.78, 5) is 34.6. The summed E-state index contributed by atoms with van der Waals surface area (Å²) in [5, 5.41) is 0. The lowest BCUT2D eigenvalue weighted by Crippen LogP contribution is -2.40. The van der Waals surface area contributed by atoms with Gasteiger partial charge in [0.05, 0.1) is 6.61 Å². The van der Waals surface area contributed by atoms with E-state index in [-0.39, 0.29) is 6.61 Å². The zero-order chi connectivity index (χ0) is 19.5. The predicted octanol–water partition coefficient (Wildman–Crippen LogP) is 2.15. The summed E-state index contributed by atoms with van der Waals surface area (Å²) in [5.41, 5.74) is 5.81. The van der Waals surface area contributed by atoms with Crippen LogP contribution >= 0.6 is 0 Å². The Morgan fingerprint density at radius 2 is 1.63 bits per heavy atom. The lowest BCUT2D eigenvalue weighted by molar-refractivity contribution is -0.137. The van der Waals surface area contributed by atoms with Gasteiger partial charge in [-0.05, 0) is 36.8 Å². The molecule has 140 valence electrons. The third-order valence-corrected chi connectivity index (χ3v) is 3.32. The van der Waals surface area contributed by atoms with Crippen LogP contribution in [0.5, 0.6) is 5.75 Å². The van der Waals surface area contributed by atoms with Crippen molar-refractivity contribution in [1.82, 2.24) is 10.9 Å². The molecule has 27 heavy (non-hydrogen) atoms. The Balaban J connectivity index is 1.79. The first-order valence-electron chi connectivity index (χ1n) is 8.30. The Morgan fingerprint density at radius 3 is 2.30 bits per heavy atom. The lowest BCUT2D eigenvalue weighted by Gasteiger charge is -2.08. The van der Waals surface area contributed by atoms with E-state index in [1.54, 1.807) is 31.2 Å². The predicted molar refractivity (Wildman–Crippen MR) is 98.6 cm³/mol. The van der Waals surface area contributed by atoms with E-state index in [9.17, 15) is 14.4 Å². The lowest BCUT2D eigenvalue weighted by atomic mass is 10.2. The van der Waals surface area contributed by atoms with Crippen LogP contribution < -0.4 is 15.6 Å². The summed E-state index contributed by atoms with van der Waals surface area (Å²) in [5.74, 6) is -1.16. The molecular weight excluding hydrogens is 348 g/mol. The van der Waals surface area contributed by atoms with Crippen molar-refractivity contribution < 1.29 is 23.9 Å². The highest BCUT2D eigenvalue weighted by Crippen LogP contribution is 2.14. The van der Waals surface area contributed by atoms with Crippen LogP contribution in [0.15, 0.2) is 66.7 Å². The van der Waals surface area contributed by atoms with Gasteiger partial charge in [-0.25, -0.2) is 4.79 Å². The molecule has 0 heterocycles. The van der Waals surface area contributed by atoms with Crippen molar-refractivity contribution in [3.8, 4) is 5.75 Å². The smallest absolute Gasteiger partial charge is 0.330 e. The summed E-state index contributed by atoms with van der Waals surface area (Å²) < 4.78 is 10.3. The van der Waals surface area contributed by atoms with Crippen LogP contribution in [0.25, 0.3) is 0 Å². The summed E-state index contributed by atoms with van der Waals surface area (Å²) >= 11 is 0. The molecule has 0 bridgehead atoms. The number of hydrogen-bond donors (Lipinski definition) is 2. The number of nitrogens with one attached hydrogen (secondary N) is 2. The second kappa shape index (κ2) is 10.4. The van der Waals surface area contributed by atoms with Crippen LogP contribution in [0.2, 0.25) is 0 Å². The molecule has 0 aliphatic rings. The Hall–Kier alpha value is -3.61. The first-order chi connectivity index (χ1) is 13.1. The average molecular weight is 368 g/mol. The van der Waals surface area contributed by atoms with E-state index in [1.807, 2.05) is 30.3 Å². The van der Waals surface area contributed by atoms with Gasteiger partial charge in [0.1, 0.15) is 12.4 Å². The molecule has 0 atom stereocenters. The zero-order valence-corrected chi connectivity index (χ0v) is 14.8. The molecule has 2 N–H and O–H groups in total. The van der Waals surface area contributed by atoms with Gasteiger partial charge in [-0.15, -0.1) is 0 Å². The second-order valence-electron chi connectivity index (χ2n) is 5.33. The summed E-state index contributed by atoms with van der Waals surface area (Å²) in [6.07, 6.45) is 1.95. The number of benzene rings is 2. The molecule has 2 aromatic carbocycles. The highest BCUT2D eigenvalue weighted by Gasteiger charge is 2.07. The quantitative estimate of drug-likeness (QED) is 0.444. The van der Waals surface area contributed by atoms with Gasteiger partial charge in [0.15, 0.2) is 0 Å². The van der Waals surface area contributed by atoms with Gasteiger partial charge in [-0.2, -0.15) is 0 Å². The maximum absolute atomic E-state index is 12.0. The van der Waals surface area contributed by atoms with E-state index in [1.165, 1.54) is 0 Å². The van der Waals surface area contributed by atoms with Gasteiger partial charge in [-0.3, -0.25) is 20.4 Å². The third-order valence-electron chi connectivity index (χ3n) is 3.32. The van der Waals surface area contributed by atoms with Gasteiger partial charge in [0.25, 0.3) is 11.8 Å². The number of carbonyl (C=O) groups excluding carboxylic acids is 3. The third kappa shape index (κ3) is 7.03. The Morgan fingerprint density at radius 1 is 0.926 bits per heavy atom. The van der Waals surface area contributed by atoms with Crippen LogP contribution in [0.3, 0.4) is 0 Å². The van der Waals surface area contributed by atoms with E-state index in [0.29, 0.717) is 17.9 Å². The van der Waals surface area contributed by atoms with Crippen molar-refractivity contribution in [3.63, 3.8) is 0 Å². The van der Waals surface area contributed by atoms with Crippen LogP contribution in [0.1, 0.15) is 22.8 Å². The molecule has 7 heteroatoms. The van der Waals surface area contributed by atoms with E-state index >= 15 is 0 Å². The molecule has 2 aromatic rings. The second-order valence-corrected chi connectivity index (χ2v) is 5.33. The molecule has 0 aromatic heterocycles. The maximum Gasteiger partial charge on any atom is 0.330 e. The Bertz CT molecular complexity index is 801. The summed E-state index contributed by atoms with van der Waals surface area (Å²) in [7, 11) is 0. The van der Waals surface area contributed by atoms with Gasteiger partial charge < -0.3 is 9.47 Å². The van der Waals surface area contributed by atoms with Crippen LogP contribution in [0, 0.1) is 0 Å². The van der Waals surface area contributed by atoms with Crippen molar-refractivity contribution in [1.29, 1.82) is 0 Å². The van der Waals surface area contributed by atoms with Crippen molar-refractivity contribution >= 4 is 17.8 Å². The molecule has 2 rings (SSSR count). The van der Waals surface area contributed by atoms with Gasteiger partial charge in [0.2, 0.25) is 0 Å². The minimum atomic E-state index is -0.654. The molecule has 0 fully saturated rings. The largest absolute Gasteiger partial charge is 0.489 e. The highest BCUT2D eigenvalue weighted by molar-refractivity contribution is 5.98. The minimum absolute atomic E-state index is 0.215. The fraction of sp³-hybridized carbons (Fsp3) is 0.150. The van der Waals surface area contributed by atoms with Crippen LogP contribution in [-0.4, -0.2) is 24.4 Å². The Labute approximate surface area is 156 Å². The molecule has 0 aliphatic heterocycles. The molecule has 0 spiro atoms. The van der Waals surface area contributed by atoms with Crippen molar-refractivity contribution in [3.05, 3.63) is 77.9 Å². The number of esters is 1. The van der Waals surface area contributed by atoms with E-state index in [4.69, 9.17) is 4.74 Å². The van der Waals surface area contributed by atoms with Gasteiger partial charge >= 0.3 is 5.97 Å². The molecular formula is C20H20N2O5. The van der Waals surface area contributed by atoms with Crippen molar-refractivity contribution in [2.45, 2.75) is 13.5 Å². The molecule has 0 saturated carbocycles. The minimum Gasteiger partial charge on any atom is -0.489 e. The number of hydrogen-bond acceptors (Lipinski definition) is 5. The highest BCUT2D eigenvalue weighted by atomic mass is 16.5. The molecule has 7 nitrogen and oxygen atoms in total.